The van der Waals surface area contributed by atoms with E-state index in [1.165, 1.54) is 28.0 Å². The molecule has 28 heavy (non-hydrogen) atoms. The predicted molar refractivity (Wildman–Crippen MR) is 112 cm³/mol. The van der Waals surface area contributed by atoms with Gasteiger partial charge in [-0.25, -0.2) is 8.42 Å². The van der Waals surface area contributed by atoms with Crippen LogP contribution >= 0.6 is 0 Å². The van der Waals surface area contributed by atoms with Crippen LogP contribution in [0.4, 0.5) is 11.4 Å². The summed E-state index contributed by atoms with van der Waals surface area (Å²) in [4.78, 5) is 13.8. The number of rotatable bonds is 4. The molecule has 1 amide bonds. The zero-order chi connectivity index (χ0) is 20.5. The van der Waals surface area contributed by atoms with E-state index in [4.69, 9.17) is 0 Å². The van der Waals surface area contributed by atoms with Crippen LogP contribution in [0, 0.1) is 20.8 Å². The molecule has 0 bridgehead atoms. The Hall–Kier alpha value is -2.38. The molecule has 0 aliphatic carbocycles. The lowest BCUT2D eigenvalue weighted by atomic mass is 10.1. The largest absolute Gasteiger partial charge is 0.369 e. The fourth-order valence-corrected chi connectivity index (χ4v) is 5.22. The summed E-state index contributed by atoms with van der Waals surface area (Å²) in [5.41, 5.74) is 4.80. The molecule has 0 aromatic heterocycles. The summed E-state index contributed by atoms with van der Waals surface area (Å²) >= 11 is 0. The smallest absolute Gasteiger partial charge is 0.243 e. The Bertz CT molecular complexity index is 994. The fourth-order valence-electron chi connectivity index (χ4n) is 3.55. The number of carbonyl (C=O) groups is 1. The molecule has 7 heteroatoms. The van der Waals surface area contributed by atoms with E-state index in [1.54, 1.807) is 25.1 Å². The number of carbonyl (C=O) groups excluding carboxylic acids is 1. The number of amides is 1. The molecule has 6 nitrogen and oxygen atoms in total. The van der Waals surface area contributed by atoms with Crippen LogP contribution in [0.2, 0.25) is 0 Å². The van der Waals surface area contributed by atoms with Crippen molar-refractivity contribution in [1.82, 2.24) is 4.31 Å². The lowest BCUT2D eigenvalue weighted by Crippen LogP contribution is -2.49. The summed E-state index contributed by atoms with van der Waals surface area (Å²) in [6, 6.07) is 11.2. The van der Waals surface area contributed by atoms with E-state index < -0.39 is 10.0 Å². The van der Waals surface area contributed by atoms with Crippen molar-refractivity contribution in [1.29, 1.82) is 0 Å². The van der Waals surface area contributed by atoms with Crippen LogP contribution in [-0.2, 0) is 14.8 Å². The van der Waals surface area contributed by atoms with Crippen LogP contribution in [0.1, 0.15) is 23.6 Å². The van der Waals surface area contributed by atoms with Crippen molar-refractivity contribution in [2.45, 2.75) is 32.6 Å². The maximum absolute atomic E-state index is 13.2. The Morgan fingerprint density at radius 3 is 2.29 bits per heavy atom. The topological polar surface area (TPSA) is 69.7 Å². The second kappa shape index (κ2) is 7.93. The van der Waals surface area contributed by atoms with Gasteiger partial charge in [0.2, 0.25) is 15.9 Å². The number of nitrogens with zero attached hydrogens (tertiary/aromatic N) is 2. The lowest BCUT2D eigenvalue weighted by Gasteiger charge is -2.36. The van der Waals surface area contributed by atoms with E-state index in [-0.39, 0.29) is 10.8 Å². The number of piperazine rings is 1. The van der Waals surface area contributed by atoms with Crippen molar-refractivity contribution in [2.75, 3.05) is 36.4 Å². The third kappa shape index (κ3) is 4.05. The number of benzene rings is 2. The molecule has 1 N–H and O–H groups in total. The first-order valence-electron chi connectivity index (χ1n) is 9.39. The number of aryl methyl sites for hydroxylation is 2. The molecule has 0 unspecified atom stereocenters. The summed E-state index contributed by atoms with van der Waals surface area (Å²) < 4.78 is 27.9. The van der Waals surface area contributed by atoms with Crippen molar-refractivity contribution in [3.8, 4) is 0 Å². The highest BCUT2D eigenvalue weighted by atomic mass is 32.2. The normalized spacial score (nSPS) is 15.5. The summed E-state index contributed by atoms with van der Waals surface area (Å²) in [6.07, 6.45) is 0. The van der Waals surface area contributed by atoms with Crippen molar-refractivity contribution in [2.24, 2.45) is 0 Å². The highest BCUT2D eigenvalue weighted by Crippen LogP contribution is 2.27. The zero-order valence-electron chi connectivity index (χ0n) is 16.8. The van der Waals surface area contributed by atoms with Crippen molar-refractivity contribution in [3.05, 3.63) is 53.1 Å². The average Bonchev–Trinajstić information content (AvgIpc) is 2.65. The first-order chi connectivity index (χ1) is 13.2. The van der Waals surface area contributed by atoms with E-state index in [0.717, 1.165) is 0 Å². The number of nitrogens with one attached hydrogen (secondary N) is 1. The third-order valence-electron chi connectivity index (χ3n) is 5.28. The first-order valence-corrected chi connectivity index (χ1v) is 10.8. The first kappa shape index (κ1) is 20.4. The highest BCUT2D eigenvalue weighted by Gasteiger charge is 2.30. The van der Waals surface area contributed by atoms with Crippen LogP contribution < -0.4 is 10.2 Å². The highest BCUT2D eigenvalue weighted by molar-refractivity contribution is 7.89. The molecular weight excluding hydrogens is 374 g/mol. The second-order valence-corrected chi connectivity index (χ2v) is 9.18. The SMILES string of the molecule is CC(=O)Nc1ccc(C)c(S(=O)(=O)N2CCN(c3cccc(C)c3C)CC2)c1. The molecule has 0 spiro atoms. The van der Waals surface area contributed by atoms with Gasteiger partial charge < -0.3 is 10.2 Å². The van der Waals surface area contributed by atoms with Crippen molar-refractivity contribution < 1.29 is 13.2 Å². The molecule has 150 valence electrons. The molecule has 3 rings (SSSR count). The standard InChI is InChI=1S/C21H27N3O3S/c1-15-6-5-7-20(17(15)3)23-10-12-24(13-11-23)28(26,27)21-14-19(22-18(4)25)9-8-16(21)2/h5-9,14H,10-13H2,1-4H3,(H,22,25). The van der Waals surface area contributed by atoms with Crippen LogP contribution in [0.25, 0.3) is 0 Å². The van der Waals surface area contributed by atoms with Gasteiger partial charge in [0, 0.05) is 44.5 Å². The van der Waals surface area contributed by atoms with E-state index >= 15 is 0 Å². The number of anilines is 2. The van der Waals surface area contributed by atoms with Gasteiger partial charge in [0.15, 0.2) is 0 Å². The van der Waals surface area contributed by atoms with Gasteiger partial charge >= 0.3 is 0 Å². The van der Waals surface area contributed by atoms with Crippen LogP contribution in [0.15, 0.2) is 41.3 Å². The van der Waals surface area contributed by atoms with Crippen molar-refractivity contribution in [3.63, 3.8) is 0 Å². The summed E-state index contributed by atoms with van der Waals surface area (Å²) in [5, 5.41) is 2.66. The summed E-state index contributed by atoms with van der Waals surface area (Å²) in [6.45, 7) is 9.52. The second-order valence-electron chi connectivity index (χ2n) is 7.27. The van der Waals surface area contributed by atoms with E-state index in [2.05, 4.69) is 36.2 Å². The minimum Gasteiger partial charge on any atom is -0.369 e. The van der Waals surface area contributed by atoms with E-state index in [1.807, 2.05) is 6.07 Å². The zero-order valence-corrected chi connectivity index (χ0v) is 17.6. The van der Waals surface area contributed by atoms with Gasteiger partial charge in [-0.1, -0.05) is 18.2 Å². The van der Waals surface area contributed by atoms with Gasteiger partial charge in [-0.05, 0) is 55.7 Å². The maximum atomic E-state index is 13.2. The Labute approximate surface area is 167 Å². The van der Waals surface area contributed by atoms with Gasteiger partial charge in [-0.15, -0.1) is 0 Å². The summed E-state index contributed by atoms with van der Waals surface area (Å²) in [7, 11) is -3.62. The van der Waals surface area contributed by atoms with Crippen LogP contribution in [-0.4, -0.2) is 44.8 Å². The van der Waals surface area contributed by atoms with Gasteiger partial charge in [0.25, 0.3) is 0 Å². The molecule has 1 heterocycles. The van der Waals surface area contributed by atoms with Crippen LogP contribution in [0.5, 0.6) is 0 Å². The molecular formula is C21H27N3O3S. The molecule has 0 saturated carbocycles. The third-order valence-corrected chi connectivity index (χ3v) is 7.32. The Balaban J connectivity index is 1.80. The monoisotopic (exact) mass is 401 g/mol. The molecule has 2 aromatic rings. The predicted octanol–water partition coefficient (Wildman–Crippen LogP) is 3.08. The van der Waals surface area contributed by atoms with E-state index in [0.29, 0.717) is 37.4 Å². The van der Waals surface area contributed by atoms with Crippen molar-refractivity contribution >= 4 is 27.3 Å². The number of hydrogen-bond acceptors (Lipinski definition) is 4. The van der Waals surface area contributed by atoms with Gasteiger partial charge in [0.05, 0.1) is 4.90 Å². The Morgan fingerprint density at radius 2 is 1.64 bits per heavy atom. The average molecular weight is 402 g/mol. The van der Waals surface area contributed by atoms with Crippen LogP contribution in [0.3, 0.4) is 0 Å². The number of hydrogen-bond donors (Lipinski definition) is 1. The molecule has 2 aromatic carbocycles. The maximum Gasteiger partial charge on any atom is 0.243 e. The quantitative estimate of drug-likeness (QED) is 0.855. The molecule has 1 saturated heterocycles. The van der Waals surface area contributed by atoms with Gasteiger partial charge in [0.1, 0.15) is 0 Å². The molecule has 0 radical (unpaired) electrons. The minimum absolute atomic E-state index is 0.227. The Kier molecular flexibility index (Phi) is 5.76. The van der Waals surface area contributed by atoms with Gasteiger partial charge in [-0.3, -0.25) is 4.79 Å². The van der Waals surface area contributed by atoms with Gasteiger partial charge in [-0.2, -0.15) is 4.31 Å². The fraction of sp³-hybridized carbons (Fsp3) is 0.381. The number of sulfonamides is 1. The Morgan fingerprint density at radius 1 is 0.964 bits per heavy atom. The molecule has 0 atom stereocenters. The molecule has 1 aliphatic rings. The minimum atomic E-state index is -3.62. The lowest BCUT2D eigenvalue weighted by molar-refractivity contribution is -0.114. The summed E-state index contributed by atoms with van der Waals surface area (Å²) in [5.74, 6) is -0.227. The molecule has 1 fully saturated rings. The van der Waals surface area contributed by atoms with E-state index in [9.17, 15) is 13.2 Å². The molecule has 1 aliphatic heterocycles.